The number of carbonyl (C=O) groups is 1. The molecule has 1 amide bonds. The van der Waals surface area contributed by atoms with Crippen molar-refractivity contribution in [3.05, 3.63) is 30.3 Å². The van der Waals surface area contributed by atoms with Gasteiger partial charge in [0.15, 0.2) is 0 Å². The number of amides is 1. The molecular weight excluding hydrogens is 292 g/mol. The molecule has 0 aliphatic carbocycles. The average molecular weight is 314 g/mol. The maximum Gasteiger partial charge on any atom is 0.250 e. The van der Waals surface area contributed by atoms with Gasteiger partial charge in [-0.25, -0.2) is 0 Å². The van der Waals surface area contributed by atoms with Crippen molar-refractivity contribution in [2.24, 2.45) is 5.41 Å². The van der Waals surface area contributed by atoms with Gasteiger partial charge < -0.3 is 9.80 Å². The SMILES string of the molecule is CC(C)(C)C(=O)N1CCN(c2nnnn2-c2ccccc2)CC1. The van der Waals surface area contributed by atoms with Gasteiger partial charge in [0.25, 0.3) is 0 Å². The highest BCUT2D eigenvalue weighted by Gasteiger charge is 2.30. The van der Waals surface area contributed by atoms with Crippen molar-refractivity contribution in [3.63, 3.8) is 0 Å². The molecule has 1 aliphatic heterocycles. The fourth-order valence-corrected chi connectivity index (χ4v) is 2.70. The fourth-order valence-electron chi connectivity index (χ4n) is 2.70. The van der Waals surface area contributed by atoms with E-state index in [9.17, 15) is 4.79 Å². The van der Waals surface area contributed by atoms with E-state index in [1.807, 2.05) is 56.0 Å². The number of rotatable bonds is 2. The minimum absolute atomic E-state index is 0.194. The zero-order chi connectivity index (χ0) is 16.4. The molecule has 23 heavy (non-hydrogen) atoms. The highest BCUT2D eigenvalue weighted by atomic mass is 16.2. The lowest BCUT2D eigenvalue weighted by molar-refractivity contribution is -0.139. The number of anilines is 1. The van der Waals surface area contributed by atoms with Gasteiger partial charge in [-0.15, -0.1) is 0 Å². The predicted molar refractivity (Wildman–Crippen MR) is 87.4 cm³/mol. The molecular formula is C16H22N6O. The molecule has 1 aliphatic rings. The summed E-state index contributed by atoms with van der Waals surface area (Å²) in [6.45, 7) is 8.71. The Kier molecular flexibility index (Phi) is 4.02. The van der Waals surface area contributed by atoms with Crippen molar-refractivity contribution in [1.82, 2.24) is 25.1 Å². The van der Waals surface area contributed by atoms with Crippen LogP contribution in [0.4, 0.5) is 5.95 Å². The molecule has 3 rings (SSSR count). The van der Waals surface area contributed by atoms with Crippen LogP contribution in [0, 0.1) is 5.41 Å². The maximum absolute atomic E-state index is 12.4. The van der Waals surface area contributed by atoms with E-state index in [2.05, 4.69) is 20.4 Å². The van der Waals surface area contributed by atoms with Gasteiger partial charge in [0.05, 0.1) is 5.69 Å². The van der Waals surface area contributed by atoms with Gasteiger partial charge in [0.1, 0.15) is 0 Å². The Labute approximate surface area is 135 Å². The van der Waals surface area contributed by atoms with Gasteiger partial charge in [0, 0.05) is 31.6 Å². The van der Waals surface area contributed by atoms with Gasteiger partial charge in [0.2, 0.25) is 11.9 Å². The van der Waals surface area contributed by atoms with Crippen LogP contribution in [0.3, 0.4) is 0 Å². The number of hydrogen-bond acceptors (Lipinski definition) is 5. The maximum atomic E-state index is 12.4. The summed E-state index contributed by atoms with van der Waals surface area (Å²) in [7, 11) is 0. The predicted octanol–water partition coefficient (Wildman–Crippen LogP) is 1.36. The minimum Gasteiger partial charge on any atom is -0.339 e. The summed E-state index contributed by atoms with van der Waals surface area (Å²) in [6.07, 6.45) is 0. The molecule has 1 fully saturated rings. The van der Waals surface area contributed by atoms with E-state index in [1.165, 1.54) is 0 Å². The van der Waals surface area contributed by atoms with Crippen LogP contribution in [-0.4, -0.2) is 57.2 Å². The summed E-state index contributed by atoms with van der Waals surface area (Å²) in [5, 5.41) is 12.1. The molecule has 0 bridgehead atoms. The molecule has 7 heteroatoms. The second kappa shape index (κ2) is 5.98. The van der Waals surface area contributed by atoms with E-state index in [1.54, 1.807) is 4.68 Å². The van der Waals surface area contributed by atoms with Crippen LogP contribution in [0.15, 0.2) is 30.3 Å². The Morgan fingerprint density at radius 1 is 1.04 bits per heavy atom. The van der Waals surface area contributed by atoms with Crippen LogP contribution < -0.4 is 4.90 Å². The zero-order valence-electron chi connectivity index (χ0n) is 13.8. The number of carbonyl (C=O) groups excluding carboxylic acids is 1. The highest BCUT2D eigenvalue weighted by molar-refractivity contribution is 5.81. The molecule has 0 unspecified atom stereocenters. The van der Waals surface area contributed by atoms with Gasteiger partial charge in [-0.2, -0.15) is 4.68 Å². The standard InChI is InChI=1S/C16H22N6O/c1-16(2,3)14(23)20-9-11-21(12-10-20)15-17-18-19-22(15)13-7-5-4-6-8-13/h4-8H,9-12H2,1-3H3. The van der Waals surface area contributed by atoms with Gasteiger partial charge in [-0.1, -0.05) is 44.1 Å². The number of aromatic nitrogens is 4. The van der Waals surface area contributed by atoms with Crippen molar-refractivity contribution in [2.45, 2.75) is 20.8 Å². The van der Waals surface area contributed by atoms with E-state index in [0.29, 0.717) is 13.1 Å². The third-order valence-corrected chi connectivity index (χ3v) is 3.95. The molecule has 2 aromatic rings. The summed E-state index contributed by atoms with van der Waals surface area (Å²) < 4.78 is 1.74. The Balaban J connectivity index is 1.72. The molecule has 122 valence electrons. The molecule has 0 radical (unpaired) electrons. The topological polar surface area (TPSA) is 67.2 Å². The van der Waals surface area contributed by atoms with E-state index in [0.717, 1.165) is 24.7 Å². The van der Waals surface area contributed by atoms with Crippen LogP contribution in [0.5, 0.6) is 0 Å². The first-order valence-electron chi connectivity index (χ1n) is 7.85. The molecule has 1 aromatic heterocycles. The third kappa shape index (κ3) is 3.18. The first kappa shape index (κ1) is 15.5. The number of piperazine rings is 1. The normalized spacial score (nSPS) is 15.8. The molecule has 0 spiro atoms. The van der Waals surface area contributed by atoms with E-state index < -0.39 is 0 Å². The summed E-state index contributed by atoms with van der Waals surface area (Å²) in [6, 6.07) is 9.82. The zero-order valence-corrected chi connectivity index (χ0v) is 13.8. The molecule has 0 N–H and O–H groups in total. The quantitative estimate of drug-likeness (QED) is 0.837. The molecule has 7 nitrogen and oxygen atoms in total. The van der Waals surface area contributed by atoms with Crippen molar-refractivity contribution < 1.29 is 4.79 Å². The smallest absolute Gasteiger partial charge is 0.250 e. The number of tetrazole rings is 1. The molecule has 0 saturated carbocycles. The average Bonchev–Trinajstić information content (AvgIpc) is 3.04. The van der Waals surface area contributed by atoms with Crippen LogP contribution in [0.2, 0.25) is 0 Å². The Morgan fingerprint density at radius 3 is 2.30 bits per heavy atom. The Morgan fingerprint density at radius 2 is 1.70 bits per heavy atom. The molecule has 2 heterocycles. The highest BCUT2D eigenvalue weighted by Crippen LogP contribution is 2.21. The largest absolute Gasteiger partial charge is 0.339 e. The lowest BCUT2D eigenvalue weighted by atomic mass is 9.94. The summed E-state index contributed by atoms with van der Waals surface area (Å²) in [5.74, 6) is 0.916. The monoisotopic (exact) mass is 314 g/mol. The minimum atomic E-state index is -0.339. The first-order valence-corrected chi connectivity index (χ1v) is 7.85. The fraction of sp³-hybridized carbons (Fsp3) is 0.500. The number of nitrogens with zero attached hydrogens (tertiary/aromatic N) is 6. The number of benzene rings is 1. The lowest BCUT2D eigenvalue weighted by Crippen LogP contribution is -2.52. The Hall–Kier alpha value is -2.44. The van der Waals surface area contributed by atoms with E-state index in [-0.39, 0.29) is 11.3 Å². The Bertz CT molecular complexity index is 667. The second-order valence-electron chi connectivity index (χ2n) is 6.76. The van der Waals surface area contributed by atoms with Crippen LogP contribution >= 0.6 is 0 Å². The molecule has 0 atom stereocenters. The van der Waals surface area contributed by atoms with Gasteiger partial charge in [-0.05, 0) is 22.6 Å². The van der Waals surface area contributed by atoms with Crippen molar-refractivity contribution in [2.75, 3.05) is 31.1 Å². The summed E-state index contributed by atoms with van der Waals surface area (Å²) in [4.78, 5) is 16.4. The van der Waals surface area contributed by atoms with E-state index in [4.69, 9.17) is 0 Å². The van der Waals surface area contributed by atoms with Crippen molar-refractivity contribution in [1.29, 1.82) is 0 Å². The van der Waals surface area contributed by atoms with Gasteiger partial charge in [-0.3, -0.25) is 4.79 Å². The third-order valence-electron chi connectivity index (χ3n) is 3.95. The van der Waals surface area contributed by atoms with Crippen LogP contribution in [-0.2, 0) is 4.79 Å². The van der Waals surface area contributed by atoms with Crippen LogP contribution in [0.25, 0.3) is 5.69 Å². The lowest BCUT2D eigenvalue weighted by Gasteiger charge is -2.37. The number of para-hydroxylation sites is 1. The van der Waals surface area contributed by atoms with Crippen molar-refractivity contribution >= 4 is 11.9 Å². The van der Waals surface area contributed by atoms with Crippen LogP contribution in [0.1, 0.15) is 20.8 Å². The van der Waals surface area contributed by atoms with Crippen molar-refractivity contribution in [3.8, 4) is 5.69 Å². The number of hydrogen-bond donors (Lipinski definition) is 0. The molecule has 1 saturated heterocycles. The first-order chi connectivity index (χ1) is 11.0. The molecule has 1 aromatic carbocycles. The van der Waals surface area contributed by atoms with E-state index >= 15 is 0 Å². The summed E-state index contributed by atoms with van der Waals surface area (Å²) >= 11 is 0. The summed E-state index contributed by atoms with van der Waals surface area (Å²) in [5.41, 5.74) is 0.592. The second-order valence-corrected chi connectivity index (χ2v) is 6.76. The van der Waals surface area contributed by atoms with Gasteiger partial charge >= 0.3 is 0 Å².